The van der Waals surface area contributed by atoms with E-state index >= 15 is 0 Å². The smallest absolute Gasteiger partial charge is 0.274 e. The molecule has 1 atom stereocenters. The molecule has 0 amide bonds. The summed E-state index contributed by atoms with van der Waals surface area (Å²) < 4.78 is 0. The Kier molecular flexibility index (Phi) is 3.19. The van der Waals surface area contributed by atoms with Crippen LogP contribution in [-0.2, 0) is 0 Å². The molecule has 0 radical (unpaired) electrons. The van der Waals surface area contributed by atoms with Gasteiger partial charge >= 0.3 is 0 Å². The minimum atomic E-state index is -0.343. The molecule has 0 saturated heterocycles. The fraction of sp³-hybridized carbons (Fsp3) is 0.500. The highest BCUT2D eigenvalue weighted by Gasteiger charge is 2.27. The van der Waals surface area contributed by atoms with Gasteiger partial charge in [-0.05, 0) is 18.8 Å². The third kappa shape index (κ3) is 2.07. The molecule has 0 aliphatic heterocycles. The monoisotopic (exact) mass is 220 g/mol. The van der Waals surface area contributed by atoms with E-state index in [1.807, 2.05) is 6.07 Å². The van der Waals surface area contributed by atoms with Crippen molar-refractivity contribution in [3.63, 3.8) is 0 Å². The molecule has 0 unspecified atom stereocenters. The summed E-state index contributed by atoms with van der Waals surface area (Å²) in [5, 5.41) is 10.9. The molecule has 0 bridgehead atoms. The molecule has 1 aromatic carbocycles. The van der Waals surface area contributed by atoms with Crippen LogP contribution in [0.4, 0.5) is 5.69 Å². The van der Waals surface area contributed by atoms with Crippen LogP contribution < -0.4 is 5.73 Å². The Labute approximate surface area is 94.6 Å². The number of hydrogen-bond acceptors (Lipinski definition) is 3. The van der Waals surface area contributed by atoms with Crippen LogP contribution in [0.3, 0.4) is 0 Å². The fourth-order valence-electron chi connectivity index (χ4n) is 2.51. The zero-order valence-electron chi connectivity index (χ0n) is 9.13. The van der Waals surface area contributed by atoms with Gasteiger partial charge in [-0.25, -0.2) is 0 Å². The minimum Gasteiger partial charge on any atom is -0.324 e. The van der Waals surface area contributed by atoms with E-state index in [0.717, 1.165) is 12.8 Å². The maximum absolute atomic E-state index is 10.9. The van der Waals surface area contributed by atoms with E-state index in [2.05, 4.69) is 0 Å². The SMILES string of the molecule is N[C@@H](c1ccccc1[N+](=O)[O-])C1CCCC1. The van der Waals surface area contributed by atoms with E-state index in [4.69, 9.17) is 5.73 Å². The van der Waals surface area contributed by atoms with Crippen molar-refractivity contribution in [1.82, 2.24) is 0 Å². The average molecular weight is 220 g/mol. The van der Waals surface area contributed by atoms with E-state index in [9.17, 15) is 10.1 Å². The van der Waals surface area contributed by atoms with E-state index in [0.29, 0.717) is 11.5 Å². The molecule has 4 heteroatoms. The summed E-state index contributed by atoms with van der Waals surface area (Å²) in [5.41, 5.74) is 6.97. The van der Waals surface area contributed by atoms with Crippen molar-refractivity contribution in [3.8, 4) is 0 Å². The minimum absolute atomic E-state index is 0.155. The van der Waals surface area contributed by atoms with Crippen molar-refractivity contribution in [2.75, 3.05) is 0 Å². The van der Waals surface area contributed by atoms with Crippen LogP contribution in [0.25, 0.3) is 0 Å². The topological polar surface area (TPSA) is 69.2 Å². The first kappa shape index (κ1) is 11.1. The van der Waals surface area contributed by atoms with Gasteiger partial charge in [0.2, 0.25) is 0 Å². The Morgan fingerprint density at radius 3 is 2.56 bits per heavy atom. The molecular weight excluding hydrogens is 204 g/mol. The third-order valence-corrected chi connectivity index (χ3v) is 3.40. The average Bonchev–Trinajstić information content (AvgIpc) is 2.81. The highest BCUT2D eigenvalue weighted by atomic mass is 16.6. The molecule has 1 aliphatic rings. The van der Waals surface area contributed by atoms with Crippen molar-refractivity contribution in [3.05, 3.63) is 39.9 Å². The highest BCUT2D eigenvalue weighted by Crippen LogP contribution is 2.37. The Morgan fingerprint density at radius 1 is 1.31 bits per heavy atom. The molecule has 86 valence electrons. The zero-order chi connectivity index (χ0) is 11.5. The number of nitrogens with zero attached hydrogens (tertiary/aromatic N) is 1. The Morgan fingerprint density at radius 2 is 1.94 bits per heavy atom. The Balaban J connectivity index is 2.27. The van der Waals surface area contributed by atoms with Crippen LogP contribution >= 0.6 is 0 Å². The van der Waals surface area contributed by atoms with Crippen LogP contribution in [0.15, 0.2) is 24.3 Å². The molecule has 2 rings (SSSR count). The van der Waals surface area contributed by atoms with Crippen LogP contribution in [0.1, 0.15) is 37.3 Å². The first-order valence-corrected chi connectivity index (χ1v) is 5.69. The molecule has 2 N–H and O–H groups in total. The molecule has 1 aliphatic carbocycles. The van der Waals surface area contributed by atoms with Gasteiger partial charge in [0.15, 0.2) is 0 Å². The van der Waals surface area contributed by atoms with Gasteiger partial charge in [0.25, 0.3) is 5.69 Å². The maximum atomic E-state index is 10.9. The van der Waals surface area contributed by atoms with Crippen LogP contribution in [0.5, 0.6) is 0 Å². The second-order valence-electron chi connectivity index (χ2n) is 4.39. The molecule has 4 nitrogen and oxygen atoms in total. The van der Waals surface area contributed by atoms with Crippen molar-refractivity contribution in [1.29, 1.82) is 0 Å². The summed E-state index contributed by atoms with van der Waals surface area (Å²) in [4.78, 5) is 10.5. The number of nitro groups is 1. The van der Waals surface area contributed by atoms with Crippen molar-refractivity contribution in [2.45, 2.75) is 31.7 Å². The fourth-order valence-corrected chi connectivity index (χ4v) is 2.51. The number of benzene rings is 1. The summed E-state index contributed by atoms with van der Waals surface area (Å²) in [6.07, 6.45) is 4.57. The van der Waals surface area contributed by atoms with E-state index in [1.165, 1.54) is 18.9 Å². The van der Waals surface area contributed by atoms with E-state index in [-0.39, 0.29) is 16.7 Å². The number of para-hydroxylation sites is 1. The lowest BCUT2D eigenvalue weighted by atomic mass is 9.91. The van der Waals surface area contributed by atoms with Gasteiger partial charge in [0.05, 0.1) is 4.92 Å². The van der Waals surface area contributed by atoms with E-state index in [1.54, 1.807) is 12.1 Å². The zero-order valence-corrected chi connectivity index (χ0v) is 9.13. The van der Waals surface area contributed by atoms with Crippen LogP contribution in [0, 0.1) is 16.0 Å². The molecule has 0 spiro atoms. The summed E-state index contributed by atoms with van der Waals surface area (Å²) >= 11 is 0. The summed E-state index contributed by atoms with van der Waals surface area (Å²) in [6.45, 7) is 0. The van der Waals surface area contributed by atoms with Crippen LogP contribution in [-0.4, -0.2) is 4.92 Å². The molecule has 1 saturated carbocycles. The number of hydrogen-bond donors (Lipinski definition) is 1. The lowest BCUT2D eigenvalue weighted by Crippen LogP contribution is -2.20. The van der Waals surface area contributed by atoms with Crippen molar-refractivity contribution >= 4 is 5.69 Å². The second kappa shape index (κ2) is 4.61. The molecule has 16 heavy (non-hydrogen) atoms. The summed E-state index contributed by atoms with van der Waals surface area (Å²) in [7, 11) is 0. The lowest BCUT2D eigenvalue weighted by molar-refractivity contribution is -0.385. The van der Waals surface area contributed by atoms with Gasteiger partial charge in [-0.3, -0.25) is 10.1 Å². The van der Waals surface area contributed by atoms with Gasteiger partial charge in [0, 0.05) is 17.7 Å². The second-order valence-corrected chi connectivity index (χ2v) is 4.39. The van der Waals surface area contributed by atoms with E-state index < -0.39 is 0 Å². The number of nitro benzene ring substituents is 1. The summed E-state index contributed by atoms with van der Waals surface area (Å²) in [5.74, 6) is 0.404. The highest BCUT2D eigenvalue weighted by molar-refractivity contribution is 5.42. The number of rotatable bonds is 3. The quantitative estimate of drug-likeness (QED) is 0.629. The largest absolute Gasteiger partial charge is 0.324 e. The maximum Gasteiger partial charge on any atom is 0.274 e. The lowest BCUT2D eigenvalue weighted by Gasteiger charge is -2.18. The number of nitrogens with two attached hydrogens (primary N) is 1. The van der Waals surface area contributed by atoms with Gasteiger partial charge < -0.3 is 5.73 Å². The summed E-state index contributed by atoms with van der Waals surface area (Å²) in [6, 6.07) is 6.62. The molecule has 1 fully saturated rings. The first-order valence-electron chi connectivity index (χ1n) is 5.69. The van der Waals surface area contributed by atoms with Gasteiger partial charge in [0.1, 0.15) is 0 Å². The predicted octanol–water partition coefficient (Wildman–Crippen LogP) is 2.78. The Bertz CT molecular complexity index is 386. The van der Waals surface area contributed by atoms with Gasteiger partial charge in [-0.1, -0.05) is 31.0 Å². The first-order chi connectivity index (χ1) is 7.70. The van der Waals surface area contributed by atoms with Gasteiger partial charge in [-0.15, -0.1) is 0 Å². The van der Waals surface area contributed by atoms with Gasteiger partial charge in [-0.2, -0.15) is 0 Å². The molecular formula is C12H16N2O2. The van der Waals surface area contributed by atoms with Crippen molar-refractivity contribution in [2.24, 2.45) is 11.7 Å². The van der Waals surface area contributed by atoms with Crippen LogP contribution in [0.2, 0.25) is 0 Å². The molecule has 0 aromatic heterocycles. The van der Waals surface area contributed by atoms with Crippen molar-refractivity contribution < 1.29 is 4.92 Å². The molecule has 1 aromatic rings. The standard InChI is InChI=1S/C12H16N2O2/c13-12(9-5-1-2-6-9)10-7-3-4-8-11(10)14(15)16/h3-4,7-9,12H,1-2,5-6,13H2/t12-/m1/s1. The molecule has 0 heterocycles. The normalized spacial score (nSPS) is 18.6. The predicted molar refractivity (Wildman–Crippen MR) is 62.0 cm³/mol. The third-order valence-electron chi connectivity index (χ3n) is 3.40. The Hall–Kier alpha value is -1.42.